The summed E-state index contributed by atoms with van der Waals surface area (Å²) in [5, 5.41) is 12.0. The lowest BCUT2D eigenvalue weighted by atomic mass is 9.98. The Bertz CT molecular complexity index is 1180. The topological polar surface area (TPSA) is 78.3 Å². The zero-order valence-corrected chi connectivity index (χ0v) is 19.2. The van der Waals surface area contributed by atoms with Crippen molar-refractivity contribution in [2.24, 2.45) is 0 Å². The number of benzene rings is 3. The van der Waals surface area contributed by atoms with E-state index < -0.39 is 0 Å². The Balaban J connectivity index is 1.47. The van der Waals surface area contributed by atoms with Gasteiger partial charge in [-0.05, 0) is 47.5 Å². The molecule has 1 atom stereocenters. The molecule has 4 rings (SSSR count). The van der Waals surface area contributed by atoms with Crippen molar-refractivity contribution in [1.82, 2.24) is 20.1 Å². The van der Waals surface area contributed by atoms with Crippen LogP contribution in [-0.4, -0.2) is 40.6 Å². The molecule has 0 saturated carbocycles. The average molecular weight is 461 g/mol. The van der Waals surface area contributed by atoms with Crippen molar-refractivity contribution in [1.29, 1.82) is 0 Å². The minimum Gasteiger partial charge on any atom is -0.497 e. The average Bonchev–Trinajstić information content (AvgIpc) is 3.35. The fourth-order valence-electron chi connectivity index (χ4n) is 3.38. The van der Waals surface area contributed by atoms with Crippen LogP contribution in [0, 0.1) is 0 Å². The third kappa shape index (κ3) is 5.53. The lowest BCUT2D eigenvalue weighted by molar-refractivity contribution is -0.119. The smallest absolute Gasteiger partial charge is 0.231 e. The van der Waals surface area contributed by atoms with Crippen LogP contribution >= 0.6 is 11.8 Å². The standard InChI is InChI=1S/C25H24N4O3S/c1-31-21-12-8-19(9-13-21)24(18-6-4-3-5-7-18)27-23(30)16-33-25-28-26-17-29(25)20-10-14-22(32-2)15-11-20/h3-15,17,24H,16H2,1-2H3,(H,27,30). The molecular weight excluding hydrogens is 436 g/mol. The maximum atomic E-state index is 12.9. The number of carbonyl (C=O) groups is 1. The van der Waals surface area contributed by atoms with E-state index in [9.17, 15) is 4.79 Å². The van der Waals surface area contributed by atoms with Crippen molar-refractivity contribution in [3.05, 3.63) is 96.3 Å². The van der Waals surface area contributed by atoms with E-state index in [0.29, 0.717) is 5.16 Å². The molecule has 168 valence electrons. The summed E-state index contributed by atoms with van der Waals surface area (Å²) >= 11 is 1.33. The Morgan fingerprint density at radius 2 is 1.52 bits per heavy atom. The minimum absolute atomic E-state index is 0.103. The van der Waals surface area contributed by atoms with Gasteiger partial charge in [0.25, 0.3) is 0 Å². The Labute approximate surface area is 196 Å². The maximum absolute atomic E-state index is 12.9. The van der Waals surface area contributed by atoms with Crippen LogP contribution in [0.1, 0.15) is 17.2 Å². The van der Waals surface area contributed by atoms with Gasteiger partial charge >= 0.3 is 0 Å². The van der Waals surface area contributed by atoms with Crippen LogP contribution in [0.5, 0.6) is 11.5 Å². The molecule has 1 heterocycles. The van der Waals surface area contributed by atoms with Gasteiger partial charge in [-0.2, -0.15) is 0 Å². The van der Waals surface area contributed by atoms with Crippen LogP contribution in [0.3, 0.4) is 0 Å². The number of amides is 1. The quantitative estimate of drug-likeness (QED) is 0.376. The molecule has 0 spiro atoms. The number of ether oxygens (including phenoxy) is 2. The van der Waals surface area contributed by atoms with E-state index in [2.05, 4.69) is 15.5 Å². The third-order valence-corrected chi connectivity index (χ3v) is 6.03. The predicted molar refractivity (Wildman–Crippen MR) is 128 cm³/mol. The minimum atomic E-state index is -0.273. The number of methoxy groups -OCH3 is 2. The molecule has 0 bridgehead atoms. The van der Waals surface area contributed by atoms with Crippen molar-refractivity contribution in [2.45, 2.75) is 11.2 Å². The van der Waals surface area contributed by atoms with Gasteiger partial charge in [0.1, 0.15) is 17.8 Å². The first-order chi connectivity index (χ1) is 16.2. The Morgan fingerprint density at radius 1 is 0.909 bits per heavy atom. The Kier molecular flexibility index (Phi) is 7.26. The van der Waals surface area contributed by atoms with E-state index >= 15 is 0 Å². The number of carbonyl (C=O) groups excluding carboxylic acids is 1. The van der Waals surface area contributed by atoms with Gasteiger partial charge in [0.15, 0.2) is 5.16 Å². The molecule has 7 nitrogen and oxygen atoms in total. The molecule has 4 aromatic rings. The number of hydrogen-bond donors (Lipinski definition) is 1. The van der Waals surface area contributed by atoms with Gasteiger partial charge in [-0.1, -0.05) is 54.2 Å². The van der Waals surface area contributed by atoms with Crippen molar-refractivity contribution in [2.75, 3.05) is 20.0 Å². The van der Waals surface area contributed by atoms with Gasteiger partial charge in [-0.25, -0.2) is 0 Å². The number of rotatable bonds is 9. The van der Waals surface area contributed by atoms with Gasteiger partial charge in [0.2, 0.25) is 5.91 Å². The SMILES string of the molecule is COc1ccc(C(NC(=O)CSc2nncn2-c2ccc(OC)cc2)c2ccccc2)cc1. The van der Waals surface area contributed by atoms with Crippen LogP contribution in [0.4, 0.5) is 0 Å². The highest BCUT2D eigenvalue weighted by Crippen LogP contribution is 2.25. The molecule has 1 N–H and O–H groups in total. The molecule has 0 aliphatic carbocycles. The van der Waals surface area contributed by atoms with Crippen LogP contribution in [-0.2, 0) is 4.79 Å². The molecule has 0 aliphatic rings. The van der Waals surface area contributed by atoms with Crippen molar-refractivity contribution in [3.8, 4) is 17.2 Å². The van der Waals surface area contributed by atoms with Gasteiger partial charge < -0.3 is 14.8 Å². The summed E-state index contributed by atoms with van der Waals surface area (Å²) in [6.45, 7) is 0. The number of thioether (sulfide) groups is 1. The maximum Gasteiger partial charge on any atom is 0.231 e. The molecule has 0 saturated heterocycles. The monoisotopic (exact) mass is 460 g/mol. The van der Waals surface area contributed by atoms with E-state index in [1.54, 1.807) is 20.5 Å². The molecule has 0 fully saturated rings. The van der Waals surface area contributed by atoms with E-state index in [4.69, 9.17) is 9.47 Å². The first kappa shape index (κ1) is 22.4. The van der Waals surface area contributed by atoms with Gasteiger partial charge in [0.05, 0.1) is 26.0 Å². The third-order valence-electron chi connectivity index (χ3n) is 5.09. The van der Waals surface area contributed by atoms with Crippen molar-refractivity contribution >= 4 is 17.7 Å². The number of nitrogens with zero attached hydrogens (tertiary/aromatic N) is 3. The largest absolute Gasteiger partial charge is 0.497 e. The lowest BCUT2D eigenvalue weighted by Gasteiger charge is -2.20. The summed E-state index contributed by atoms with van der Waals surface area (Å²) in [4.78, 5) is 12.9. The first-order valence-electron chi connectivity index (χ1n) is 10.3. The van der Waals surface area contributed by atoms with Gasteiger partial charge in [-0.3, -0.25) is 9.36 Å². The molecule has 0 radical (unpaired) electrons. The normalized spacial score (nSPS) is 11.6. The van der Waals surface area contributed by atoms with Gasteiger partial charge in [0, 0.05) is 5.69 Å². The van der Waals surface area contributed by atoms with Gasteiger partial charge in [-0.15, -0.1) is 10.2 Å². The fourth-order valence-corrected chi connectivity index (χ4v) is 4.12. The molecule has 1 aromatic heterocycles. The molecule has 8 heteroatoms. The molecule has 33 heavy (non-hydrogen) atoms. The van der Waals surface area contributed by atoms with E-state index in [0.717, 1.165) is 28.3 Å². The predicted octanol–water partition coefficient (Wildman–Crippen LogP) is 4.28. The highest BCUT2D eigenvalue weighted by atomic mass is 32.2. The highest BCUT2D eigenvalue weighted by molar-refractivity contribution is 7.99. The van der Waals surface area contributed by atoms with Crippen LogP contribution < -0.4 is 14.8 Å². The molecule has 3 aromatic carbocycles. The zero-order chi connectivity index (χ0) is 23.0. The summed E-state index contributed by atoms with van der Waals surface area (Å²) < 4.78 is 12.3. The highest BCUT2D eigenvalue weighted by Gasteiger charge is 2.18. The van der Waals surface area contributed by atoms with E-state index in [1.165, 1.54) is 11.8 Å². The second-order valence-corrected chi connectivity index (χ2v) is 8.10. The molecule has 1 amide bonds. The molecular formula is C25H24N4O3S. The number of nitrogens with one attached hydrogen (secondary N) is 1. The summed E-state index contributed by atoms with van der Waals surface area (Å²) in [5.41, 5.74) is 2.87. The second kappa shape index (κ2) is 10.7. The lowest BCUT2D eigenvalue weighted by Crippen LogP contribution is -2.30. The molecule has 0 aliphatic heterocycles. The number of aromatic nitrogens is 3. The van der Waals surface area contributed by atoms with E-state index in [-0.39, 0.29) is 17.7 Å². The van der Waals surface area contributed by atoms with Crippen molar-refractivity contribution < 1.29 is 14.3 Å². The summed E-state index contributed by atoms with van der Waals surface area (Å²) in [5.74, 6) is 1.64. The Hall–Kier alpha value is -3.78. The van der Waals surface area contributed by atoms with Crippen LogP contribution in [0.25, 0.3) is 5.69 Å². The van der Waals surface area contributed by atoms with E-state index in [1.807, 2.05) is 83.4 Å². The number of hydrogen-bond acceptors (Lipinski definition) is 6. The Morgan fingerprint density at radius 3 is 2.15 bits per heavy atom. The summed E-state index contributed by atoms with van der Waals surface area (Å²) in [7, 11) is 3.26. The van der Waals surface area contributed by atoms with Crippen LogP contribution in [0.15, 0.2) is 90.3 Å². The second-order valence-electron chi connectivity index (χ2n) is 7.15. The summed E-state index contributed by atoms with van der Waals surface area (Å²) in [6, 6.07) is 24.9. The molecule has 1 unspecified atom stereocenters. The van der Waals surface area contributed by atoms with Crippen molar-refractivity contribution in [3.63, 3.8) is 0 Å². The van der Waals surface area contributed by atoms with Crippen LogP contribution in [0.2, 0.25) is 0 Å². The zero-order valence-electron chi connectivity index (χ0n) is 18.3. The fraction of sp³-hybridized carbons (Fsp3) is 0.160. The summed E-state index contributed by atoms with van der Waals surface area (Å²) in [6.07, 6.45) is 1.63. The first-order valence-corrected chi connectivity index (χ1v) is 11.3.